The van der Waals surface area contributed by atoms with E-state index in [2.05, 4.69) is 20.3 Å². The summed E-state index contributed by atoms with van der Waals surface area (Å²) in [7, 11) is 3.44. The molecule has 2 N–H and O–H groups in total. The van der Waals surface area contributed by atoms with Crippen molar-refractivity contribution in [2.75, 3.05) is 45.7 Å². The molecule has 0 bridgehead atoms. The molecule has 19 heteroatoms. The van der Waals surface area contributed by atoms with Crippen molar-refractivity contribution in [2.24, 2.45) is 0 Å². The quantitative estimate of drug-likeness (QED) is 0.184. The molecule has 6 rings (SSSR count). The van der Waals surface area contributed by atoms with Gasteiger partial charge in [0.2, 0.25) is 5.88 Å². The first-order valence-electron chi connectivity index (χ1n) is 16.1. The molecule has 0 saturated carbocycles. The Labute approximate surface area is 297 Å². The number of ether oxygens (including phenoxy) is 4. The van der Waals surface area contributed by atoms with E-state index >= 15 is 8.78 Å². The highest BCUT2D eigenvalue weighted by Gasteiger charge is 2.39. The Balaban J connectivity index is 1.48. The third kappa shape index (κ3) is 7.75. The number of aromatic nitrogens is 3. The molecule has 0 aliphatic carbocycles. The number of thiazole rings is 1. The fraction of sp³-hybridized carbons (Fsp3) is 0.485. The minimum absolute atomic E-state index is 0.0253. The van der Waals surface area contributed by atoms with Gasteiger partial charge in [-0.1, -0.05) is 11.3 Å². The van der Waals surface area contributed by atoms with Gasteiger partial charge >= 0.3 is 24.4 Å². The van der Waals surface area contributed by atoms with E-state index in [1.807, 2.05) is 11.9 Å². The van der Waals surface area contributed by atoms with E-state index in [9.17, 15) is 27.9 Å². The van der Waals surface area contributed by atoms with Crippen molar-refractivity contribution in [2.45, 2.75) is 63.6 Å². The van der Waals surface area contributed by atoms with Crippen LogP contribution in [0.2, 0.25) is 0 Å². The predicted octanol–water partition coefficient (Wildman–Crippen LogP) is 6.78. The van der Waals surface area contributed by atoms with Crippen LogP contribution in [-0.4, -0.2) is 106 Å². The molecule has 0 spiro atoms. The summed E-state index contributed by atoms with van der Waals surface area (Å²) in [6.45, 7) is 5.49. The summed E-state index contributed by atoms with van der Waals surface area (Å²) in [5, 5.41) is 11.1. The average molecular weight is 755 g/mol. The highest BCUT2D eigenvalue weighted by atomic mass is 32.1. The van der Waals surface area contributed by atoms with Crippen LogP contribution in [0.4, 0.5) is 36.7 Å². The van der Waals surface area contributed by atoms with Gasteiger partial charge in [-0.2, -0.15) is 23.1 Å². The Morgan fingerprint density at radius 3 is 2.46 bits per heavy atom. The summed E-state index contributed by atoms with van der Waals surface area (Å²) in [4.78, 5) is 39.6. The summed E-state index contributed by atoms with van der Waals surface area (Å²) in [5.41, 5.74) is -4.70. The lowest BCUT2D eigenvalue weighted by Crippen LogP contribution is -2.31. The summed E-state index contributed by atoms with van der Waals surface area (Å²) in [5.74, 6) is -2.75. The summed E-state index contributed by atoms with van der Waals surface area (Å²) < 4.78 is 98.8. The number of fused-ring (bicyclic) bond motifs is 2. The highest BCUT2D eigenvalue weighted by molar-refractivity contribution is 7.22. The Hall–Kier alpha value is -4.62. The van der Waals surface area contributed by atoms with E-state index in [0.717, 1.165) is 17.0 Å². The number of carboxylic acid groups (broad SMARTS) is 1. The Morgan fingerprint density at radius 1 is 1.08 bits per heavy atom. The first kappa shape index (κ1) is 37.1. The van der Waals surface area contributed by atoms with Crippen molar-refractivity contribution in [1.82, 2.24) is 24.8 Å². The van der Waals surface area contributed by atoms with Gasteiger partial charge < -0.3 is 29.0 Å². The average Bonchev–Trinajstić information content (AvgIpc) is 3.78. The van der Waals surface area contributed by atoms with Crippen molar-refractivity contribution in [1.29, 1.82) is 0 Å². The van der Waals surface area contributed by atoms with E-state index in [1.54, 1.807) is 27.9 Å². The van der Waals surface area contributed by atoms with E-state index < -0.39 is 81.2 Å². The van der Waals surface area contributed by atoms with Crippen LogP contribution in [0, 0.1) is 11.6 Å². The maximum absolute atomic E-state index is 16.9. The Bertz CT molecular complexity index is 2020. The summed E-state index contributed by atoms with van der Waals surface area (Å²) in [6.07, 6.45) is -7.38. The number of likely N-dealkylation sites (N-methyl/N-ethyl adjacent to an activating group) is 1. The second-order valence-electron chi connectivity index (χ2n) is 13.5. The normalized spacial score (nSPS) is 19.8. The van der Waals surface area contributed by atoms with Gasteiger partial charge in [0.1, 0.15) is 29.6 Å². The van der Waals surface area contributed by atoms with Crippen LogP contribution in [-0.2, 0) is 15.7 Å². The number of benzene rings is 2. The molecule has 2 saturated heterocycles. The number of hydrogen-bond donors (Lipinski definition) is 2. The van der Waals surface area contributed by atoms with Crippen LogP contribution in [0.25, 0.3) is 32.2 Å². The number of amides is 2. The number of hydrogen-bond acceptors (Lipinski definition) is 11. The molecule has 13 nitrogen and oxygen atoms in total. The van der Waals surface area contributed by atoms with Crippen LogP contribution in [0.1, 0.15) is 39.2 Å². The number of nitrogens with one attached hydrogen (secondary N) is 1. The van der Waals surface area contributed by atoms with Gasteiger partial charge in [0.15, 0.2) is 10.9 Å². The van der Waals surface area contributed by atoms with Crippen LogP contribution in [0.15, 0.2) is 18.2 Å². The largest absolute Gasteiger partial charge is 0.472 e. The first-order valence-corrected chi connectivity index (χ1v) is 16.9. The molecule has 0 unspecified atom stereocenters. The van der Waals surface area contributed by atoms with Crippen LogP contribution in [0.5, 0.6) is 11.9 Å². The topological polar surface area (TPSA) is 148 Å². The number of likely N-dealkylation sites (tertiary alicyclic amines) is 2. The minimum atomic E-state index is -5.16. The standard InChI is InChI=1S/C33H35F5N6O7S/c1-32(2,3)51-30(45)42-29-40-25-18(6-7-21(34)26(25)52-29)22-20(33(36,37)38)11-19-24(23(22)35)39-28(49-14-15-10-17(48-5)12-43(15)4)41-27(19)50-16-8-9-44(13-16)31(46)47/h6-7,11,15-17H,8-10,12-14H2,1-5H3,(H,46,47)(H,40,42,45)/t15-,16+,17+/m0/s1. The number of carbonyl (C=O) groups excluding carboxylic acids is 1. The molecular weight excluding hydrogens is 719 g/mol. The van der Waals surface area contributed by atoms with Gasteiger partial charge in [0.05, 0.1) is 33.8 Å². The van der Waals surface area contributed by atoms with Crippen molar-refractivity contribution in [3.8, 4) is 23.0 Å². The number of methoxy groups -OCH3 is 1. The van der Waals surface area contributed by atoms with Gasteiger partial charge in [-0.3, -0.25) is 10.2 Å². The number of rotatable bonds is 8. The van der Waals surface area contributed by atoms with Crippen LogP contribution < -0.4 is 14.8 Å². The number of alkyl halides is 3. The second-order valence-corrected chi connectivity index (χ2v) is 14.5. The van der Waals surface area contributed by atoms with Crippen molar-refractivity contribution in [3.05, 3.63) is 35.4 Å². The lowest BCUT2D eigenvalue weighted by molar-refractivity contribution is -0.137. The van der Waals surface area contributed by atoms with Gasteiger partial charge in [-0.05, 0) is 52.4 Å². The van der Waals surface area contributed by atoms with Gasteiger partial charge in [0, 0.05) is 43.8 Å². The molecule has 2 aliphatic rings. The van der Waals surface area contributed by atoms with E-state index in [4.69, 9.17) is 18.9 Å². The van der Waals surface area contributed by atoms with E-state index in [1.165, 1.54) is 0 Å². The highest BCUT2D eigenvalue weighted by Crippen LogP contribution is 2.46. The molecule has 2 fully saturated rings. The SMILES string of the molecule is CO[C@@H]1C[C@@H](COc2nc(O[C@@H]3CCN(C(=O)O)C3)c3cc(C(F)(F)F)c(-c4ccc(F)c5sc(NC(=O)OC(C)(C)C)nc45)c(F)c3n2)N(C)C1. The zero-order valence-electron chi connectivity index (χ0n) is 28.6. The molecule has 2 aromatic heterocycles. The van der Waals surface area contributed by atoms with Crippen molar-refractivity contribution < 1.29 is 55.6 Å². The lowest BCUT2D eigenvalue weighted by atomic mass is 9.95. The lowest BCUT2D eigenvalue weighted by Gasteiger charge is -2.21. The predicted molar refractivity (Wildman–Crippen MR) is 179 cm³/mol. The third-order valence-corrected chi connectivity index (χ3v) is 9.61. The zero-order chi connectivity index (χ0) is 37.7. The third-order valence-electron chi connectivity index (χ3n) is 8.64. The molecule has 2 aliphatic heterocycles. The summed E-state index contributed by atoms with van der Waals surface area (Å²) >= 11 is 0.629. The number of carbonyl (C=O) groups is 2. The molecular formula is C33H35F5N6O7S. The van der Waals surface area contributed by atoms with Crippen molar-refractivity contribution in [3.63, 3.8) is 0 Å². The Kier molecular flexibility index (Phi) is 10.1. The Morgan fingerprint density at radius 2 is 1.83 bits per heavy atom. The van der Waals surface area contributed by atoms with Gasteiger partial charge in [0.25, 0.3) is 0 Å². The monoisotopic (exact) mass is 754 g/mol. The molecule has 4 aromatic rings. The number of halogens is 5. The molecule has 52 heavy (non-hydrogen) atoms. The van der Waals surface area contributed by atoms with Gasteiger partial charge in [-0.25, -0.2) is 23.4 Å². The fourth-order valence-electron chi connectivity index (χ4n) is 6.16. The van der Waals surface area contributed by atoms with Crippen molar-refractivity contribution >= 4 is 49.8 Å². The number of anilines is 1. The maximum Gasteiger partial charge on any atom is 0.417 e. The van der Waals surface area contributed by atoms with E-state index in [-0.39, 0.29) is 53.6 Å². The van der Waals surface area contributed by atoms with Crippen LogP contribution >= 0.6 is 11.3 Å². The fourth-order valence-corrected chi connectivity index (χ4v) is 7.05. The molecule has 3 atom stereocenters. The molecule has 4 heterocycles. The van der Waals surface area contributed by atoms with Crippen LogP contribution in [0.3, 0.4) is 0 Å². The molecule has 280 valence electrons. The molecule has 2 aromatic carbocycles. The zero-order valence-corrected chi connectivity index (χ0v) is 29.5. The minimum Gasteiger partial charge on any atom is -0.472 e. The van der Waals surface area contributed by atoms with Gasteiger partial charge in [-0.15, -0.1) is 0 Å². The second kappa shape index (κ2) is 14.1. The van der Waals surface area contributed by atoms with E-state index in [0.29, 0.717) is 30.4 Å². The smallest absolute Gasteiger partial charge is 0.417 e. The molecule has 2 amide bonds. The number of nitrogens with zero attached hydrogens (tertiary/aromatic N) is 5. The molecule has 0 radical (unpaired) electrons. The first-order chi connectivity index (χ1) is 24.4. The summed E-state index contributed by atoms with van der Waals surface area (Å²) in [6, 6.07) is 1.93. The maximum atomic E-state index is 16.9.